The van der Waals surface area contributed by atoms with Crippen LogP contribution in [0.2, 0.25) is 0 Å². The van der Waals surface area contributed by atoms with E-state index in [1.807, 2.05) is 81.3 Å². The highest BCUT2D eigenvalue weighted by Crippen LogP contribution is 2.28. The van der Waals surface area contributed by atoms with Crippen LogP contribution >= 0.6 is 12.4 Å². The molecule has 0 aromatic carbocycles. The van der Waals surface area contributed by atoms with E-state index in [2.05, 4.69) is 10.6 Å². The van der Waals surface area contributed by atoms with Gasteiger partial charge in [0.1, 0.15) is 24.2 Å². The maximum atomic E-state index is 14.2. The Balaban J connectivity index is 0.00000968. The largest absolute Gasteiger partial charge is 0.350 e. The van der Waals surface area contributed by atoms with E-state index in [1.165, 1.54) is 4.90 Å². The van der Waals surface area contributed by atoms with E-state index in [4.69, 9.17) is 0 Å². The van der Waals surface area contributed by atoms with Crippen LogP contribution in [0.4, 0.5) is 0 Å². The summed E-state index contributed by atoms with van der Waals surface area (Å²) in [4.78, 5) is 74.7. The number of hydrogen-bond acceptors (Lipinski definition) is 6. The van der Waals surface area contributed by atoms with Gasteiger partial charge in [-0.2, -0.15) is 0 Å². The van der Waals surface area contributed by atoms with Crippen molar-refractivity contribution in [2.75, 3.05) is 34.2 Å². The standard InChI is InChI=1S/C32H58N6O5.ClH/c1-19(2)24(33-28(40)25(20(3)4)35(10)11)30(42)36(12)26(21(5)6)31(43)38-18-14-16-23(38)29(41)37-17-13-15-22(37)27(39)34-32(7,8)9;/h19-26H,13-18H2,1-12H3,(H,33,40)(H,34,39);1H. The number of nitrogens with zero attached hydrogens (tertiary/aromatic N) is 4. The average molecular weight is 643 g/mol. The first-order valence-corrected chi connectivity index (χ1v) is 16.0. The highest BCUT2D eigenvalue weighted by molar-refractivity contribution is 5.96. The van der Waals surface area contributed by atoms with Gasteiger partial charge in [-0.1, -0.05) is 41.5 Å². The van der Waals surface area contributed by atoms with Crippen LogP contribution in [-0.2, 0) is 24.0 Å². The summed E-state index contributed by atoms with van der Waals surface area (Å²) < 4.78 is 0. The van der Waals surface area contributed by atoms with Gasteiger partial charge in [-0.25, -0.2) is 0 Å². The molecule has 254 valence electrons. The number of halogens is 1. The Hall–Kier alpha value is -2.40. The molecule has 0 aliphatic carbocycles. The maximum absolute atomic E-state index is 14.2. The van der Waals surface area contributed by atoms with Gasteiger partial charge in [0, 0.05) is 25.7 Å². The Labute approximate surface area is 271 Å². The second-order valence-corrected chi connectivity index (χ2v) is 14.6. The van der Waals surface area contributed by atoms with Crippen LogP contribution in [0.15, 0.2) is 0 Å². The van der Waals surface area contributed by atoms with E-state index in [0.717, 1.165) is 6.42 Å². The second kappa shape index (κ2) is 16.2. The van der Waals surface area contributed by atoms with Crippen molar-refractivity contribution in [3.05, 3.63) is 0 Å². The number of hydrogen-bond donors (Lipinski definition) is 2. The molecule has 44 heavy (non-hydrogen) atoms. The summed E-state index contributed by atoms with van der Waals surface area (Å²) in [5.41, 5.74) is -0.416. The number of rotatable bonds is 11. The Morgan fingerprint density at radius 3 is 1.70 bits per heavy atom. The molecule has 2 fully saturated rings. The molecule has 0 saturated carbocycles. The first kappa shape index (κ1) is 39.6. The van der Waals surface area contributed by atoms with Crippen LogP contribution in [0.3, 0.4) is 0 Å². The molecule has 2 saturated heterocycles. The molecule has 5 atom stereocenters. The molecule has 2 N–H and O–H groups in total. The molecule has 0 aromatic heterocycles. The van der Waals surface area contributed by atoms with Crippen molar-refractivity contribution in [1.29, 1.82) is 0 Å². The maximum Gasteiger partial charge on any atom is 0.246 e. The van der Waals surface area contributed by atoms with Crippen molar-refractivity contribution in [2.45, 2.75) is 124 Å². The molecule has 11 nitrogen and oxygen atoms in total. The van der Waals surface area contributed by atoms with Crippen molar-refractivity contribution in [2.24, 2.45) is 17.8 Å². The van der Waals surface area contributed by atoms with Gasteiger partial charge in [0.05, 0.1) is 6.04 Å². The van der Waals surface area contributed by atoms with E-state index in [1.54, 1.807) is 16.8 Å². The van der Waals surface area contributed by atoms with Crippen molar-refractivity contribution < 1.29 is 24.0 Å². The number of likely N-dealkylation sites (tertiary alicyclic amines) is 2. The lowest BCUT2D eigenvalue weighted by Crippen LogP contribution is -2.61. The van der Waals surface area contributed by atoms with Gasteiger partial charge < -0.3 is 25.3 Å². The molecule has 0 aromatic rings. The molecular weight excluding hydrogens is 584 g/mol. The quantitative estimate of drug-likeness (QED) is 0.357. The molecule has 2 aliphatic rings. The summed E-state index contributed by atoms with van der Waals surface area (Å²) in [6.45, 7) is 18.1. The van der Waals surface area contributed by atoms with Crippen molar-refractivity contribution in [3.63, 3.8) is 0 Å². The first-order valence-electron chi connectivity index (χ1n) is 16.0. The zero-order chi connectivity index (χ0) is 33.0. The van der Waals surface area contributed by atoms with Crippen LogP contribution in [0.1, 0.15) is 88.0 Å². The summed E-state index contributed by atoms with van der Waals surface area (Å²) in [6, 6.07) is -3.25. The molecule has 0 bridgehead atoms. The Kier molecular flexibility index (Phi) is 14.6. The minimum Gasteiger partial charge on any atom is -0.350 e. The highest BCUT2D eigenvalue weighted by Gasteiger charge is 2.46. The molecule has 2 heterocycles. The average Bonchev–Trinajstić information content (AvgIpc) is 3.55. The van der Waals surface area contributed by atoms with Crippen molar-refractivity contribution in [1.82, 2.24) is 30.2 Å². The molecule has 5 unspecified atom stereocenters. The third kappa shape index (κ3) is 9.55. The third-order valence-corrected chi connectivity index (χ3v) is 8.49. The number of likely N-dealkylation sites (N-methyl/N-ethyl adjacent to an activating group) is 2. The topological polar surface area (TPSA) is 122 Å². The van der Waals surface area contributed by atoms with E-state index >= 15 is 0 Å². The lowest BCUT2D eigenvalue weighted by molar-refractivity contribution is -0.153. The lowest BCUT2D eigenvalue weighted by Gasteiger charge is -2.39. The van der Waals surface area contributed by atoms with Gasteiger partial charge in [0.2, 0.25) is 29.5 Å². The van der Waals surface area contributed by atoms with Gasteiger partial charge in [0.15, 0.2) is 0 Å². The summed E-state index contributed by atoms with van der Waals surface area (Å²) in [5.74, 6) is -1.61. The molecule has 12 heteroatoms. The van der Waals surface area contributed by atoms with Gasteiger partial charge in [-0.15, -0.1) is 12.4 Å². The fraction of sp³-hybridized carbons (Fsp3) is 0.844. The SMILES string of the molecule is CC(C)C(NC(=O)C(C(C)C)N(C)C)C(=O)N(C)C(C(=O)N1CCCC1C(=O)N1CCCC1C(=O)NC(C)(C)C)C(C)C.Cl. The summed E-state index contributed by atoms with van der Waals surface area (Å²) in [5, 5.41) is 5.96. The molecular formula is C32H59ClN6O5. The predicted molar refractivity (Wildman–Crippen MR) is 175 cm³/mol. The predicted octanol–water partition coefficient (Wildman–Crippen LogP) is 2.51. The Morgan fingerprint density at radius 1 is 0.750 bits per heavy atom. The van der Waals surface area contributed by atoms with Crippen LogP contribution in [0, 0.1) is 17.8 Å². The smallest absolute Gasteiger partial charge is 0.246 e. The minimum atomic E-state index is -0.813. The molecule has 5 amide bonds. The van der Waals surface area contributed by atoms with Gasteiger partial charge in [-0.05, 0) is 78.3 Å². The van der Waals surface area contributed by atoms with Crippen molar-refractivity contribution in [3.8, 4) is 0 Å². The summed E-state index contributed by atoms with van der Waals surface area (Å²) in [7, 11) is 5.29. The van der Waals surface area contributed by atoms with Gasteiger partial charge >= 0.3 is 0 Å². The Morgan fingerprint density at radius 2 is 1.25 bits per heavy atom. The highest BCUT2D eigenvalue weighted by atomic mass is 35.5. The minimum absolute atomic E-state index is 0. The van der Waals surface area contributed by atoms with Crippen LogP contribution in [0.25, 0.3) is 0 Å². The van der Waals surface area contributed by atoms with Gasteiger partial charge in [-0.3, -0.25) is 28.9 Å². The number of carbonyl (C=O) groups excluding carboxylic acids is 5. The number of carbonyl (C=O) groups is 5. The number of amides is 5. The second-order valence-electron chi connectivity index (χ2n) is 14.6. The van der Waals surface area contributed by atoms with Gasteiger partial charge in [0.25, 0.3) is 0 Å². The van der Waals surface area contributed by atoms with E-state index in [9.17, 15) is 24.0 Å². The van der Waals surface area contributed by atoms with Crippen LogP contribution in [-0.4, -0.2) is 119 Å². The summed E-state index contributed by atoms with van der Waals surface area (Å²) in [6.07, 6.45) is 2.51. The normalized spacial score (nSPS) is 20.9. The zero-order valence-corrected chi connectivity index (χ0v) is 29.9. The molecule has 0 radical (unpaired) electrons. The molecule has 2 aliphatic heterocycles. The van der Waals surface area contributed by atoms with E-state index in [-0.39, 0.29) is 59.7 Å². The van der Waals surface area contributed by atoms with Crippen LogP contribution in [0.5, 0.6) is 0 Å². The van der Waals surface area contributed by atoms with E-state index < -0.39 is 35.7 Å². The first-order chi connectivity index (χ1) is 19.8. The number of nitrogens with one attached hydrogen (secondary N) is 2. The van der Waals surface area contributed by atoms with Crippen molar-refractivity contribution >= 4 is 41.9 Å². The third-order valence-electron chi connectivity index (χ3n) is 8.49. The fourth-order valence-electron chi connectivity index (χ4n) is 6.54. The van der Waals surface area contributed by atoms with Crippen LogP contribution < -0.4 is 10.6 Å². The summed E-state index contributed by atoms with van der Waals surface area (Å²) >= 11 is 0. The lowest BCUT2D eigenvalue weighted by atomic mass is 9.96. The Bertz CT molecular complexity index is 1020. The van der Waals surface area contributed by atoms with E-state index in [0.29, 0.717) is 32.4 Å². The monoisotopic (exact) mass is 642 g/mol. The molecule has 2 rings (SSSR count). The fourth-order valence-corrected chi connectivity index (χ4v) is 6.54. The zero-order valence-electron chi connectivity index (χ0n) is 29.1. The molecule has 0 spiro atoms.